The summed E-state index contributed by atoms with van der Waals surface area (Å²) in [5.74, 6) is 1.28. The SMILES string of the molecule is Fc1ccccc1-c1cc2ncnc(N(CC3=COCO3)Cc3ccccc3)c2s1. The third kappa shape index (κ3) is 3.71. The highest BCUT2D eigenvalue weighted by molar-refractivity contribution is 7.22. The fourth-order valence-corrected chi connectivity index (χ4v) is 4.57. The van der Waals surface area contributed by atoms with Crippen LogP contribution in [0.25, 0.3) is 20.7 Å². The lowest BCUT2D eigenvalue weighted by Gasteiger charge is -2.24. The standard InChI is InChI=1S/C23H18FN3O2S/c24-19-9-5-4-8-18(19)21-10-20-22(30-21)23(26-14-25-20)27(12-17-13-28-15-29-17)11-16-6-2-1-3-7-16/h1-10,13-14H,11-12,15H2. The molecule has 3 heterocycles. The number of thiophene rings is 1. The second-order valence-corrected chi connectivity index (χ2v) is 7.91. The molecule has 30 heavy (non-hydrogen) atoms. The lowest BCUT2D eigenvalue weighted by molar-refractivity contribution is 0.0797. The number of benzene rings is 2. The van der Waals surface area contributed by atoms with Crippen LogP contribution in [0.5, 0.6) is 0 Å². The quantitative estimate of drug-likeness (QED) is 0.422. The van der Waals surface area contributed by atoms with Crippen LogP contribution in [0.4, 0.5) is 10.2 Å². The minimum atomic E-state index is -0.249. The molecule has 0 bridgehead atoms. The van der Waals surface area contributed by atoms with Crippen LogP contribution in [0, 0.1) is 5.82 Å². The first-order valence-electron chi connectivity index (χ1n) is 9.50. The Kier molecular flexibility index (Phi) is 5.03. The van der Waals surface area contributed by atoms with Crippen molar-refractivity contribution < 1.29 is 13.9 Å². The Morgan fingerprint density at radius 3 is 2.63 bits per heavy atom. The average molecular weight is 419 g/mol. The number of halogens is 1. The predicted molar refractivity (Wildman–Crippen MR) is 115 cm³/mol. The van der Waals surface area contributed by atoms with Crippen molar-refractivity contribution >= 4 is 27.4 Å². The molecule has 5 rings (SSSR count). The molecule has 0 unspecified atom stereocenters. The first kappa shape index (κ1) is 18.6. The van der Waals surface area contributed by atoms with Crippen LogP contribution in [-0.2, 0) is 16.0 Å². The van der Waals surface area contributed by atoms with E-state index in [1.165, 1.54) is 17.4 Å². The van der Waals surface area contributed by atoms with Gasteiger partial charge in [-0.25, -0.2) is 14.4 Å². The molecule has 0 fully saturated rings. The maximum absolute atomic E-state index is 14.3. The van der Waals surface area contributed by atoms with Crippen molar-refractivity contribution in [2.75, 3.05) is 18.2 Å². The first-order valence-corrected chi connectivity index (χ1v) is 10.3. The van der Waals surface area contributed by atoms with E-state index >= 15 is 0 Å². The molecule has 2 aromatic heterocycles. The largest absolute Gasteiger partial charge is 0.462 e. The second kappa shape index (κ2) is 8.12. The third-order valence-electron chi connectivity index (χ3n) is 4.82. The molecule has 1 aliphatic rings. The van der Waals surface area contributed by atoms with E-state index in [2.05, 4.69) is 27.0 Å². The average Bonchev–Trinajstić information content (AvgIpc) is 3.44. The number of nitrogens with zero attached hydrogens (tertiary/aromatic N) is 3. The minimum absolute atomic E-state index is 0.226. The molecule has 7 heteroatoms. The minimum Gasteiger partial charge on any atom is -0.462 e. The Morgan fingerprint density at radius 1 is 1.00 bits per heavy atom. The maximum Gasteiger partial charge on any atom is 0.229 e. The number of hydrogen-bond donors (Lipinski definition) is 0. The molecule has 4 aromatic rings. The molecule has 0 spiro atoms. The van der Waals surface area contributed by atoms with Gasteiger partial charge in [0.25, 0.3) is 0 Å². The highest BCUT2D eigenvalue weighted by Gasteiger charge is 2.20. The number of aromatic nitrogens is 2. The third-order valence-corrected chi connectivity index (χ3v) is 5.97. The normalized spacial score (nSPS) is 13.0. The van der Waals surface area contributed by atoms with Crippen molar-refractivity contribution in [3.8, 4) is 10.4 Å². The smallest absolute Gasteiger partial charge is 0.229 e. The van der Waals surface area contributed by atoms with E-state index in [4.69, 9.17) is 9.47 Å². The van der Waals surface area contributed by atoms with E-state index in [1.807, 2.05) is 30.3 Å². The molecule has 0 atom stereocenters. The van der Waals surface area contributed by atoms with Gasteiger partial charge in [0.15, 0.2) is 11.6 Å². The molecule has 2 aromatic carbocycles. The topological polar surface area (TPSA) is 47.5 Å². The van der Waals surface area contributed by atoms with Crippen molar-refractivity contribution in [1.82, 2.24) is 9.97 Å². The molecular weight excluding hydrogens is 401 g/mol. The molecule has 150 valence electrons. The van der Waals surface area contributed by atoms with Gasteiger partial charge in [0.05, 0.1) is 16.8 Å². The highest BCUT2D eigenvalue weighted by Crippen LogP contribution is 2.38. The van der Waals surface area contributed by atoms with Gasteiger partial charge in [-0.05, 0) is 17.7 Å². The lowest BCUT2D eigenvalue weighted by Crippen LogP contribution is -2.26. The zero-order chi connectivity index (χ0) is 20.3. The Hall–Kier alpha value is -3.45. The maximum atomic E-state index is 14.3. The first-order chi connectivity index (χ1) is 14.8. The summed E-state index contributed by atoms with van der Waals surface area (Å²) in [4.78, 5) is 12.0. The van der Waals surface area contributed by atoms with Crippen LogP contribution in [0.2, 0.25) is 0 Å². The van der Waals surface area contributed by atoms with Gasteiger partial charge in [0.1, 0.15) is 18.4 Å². The van der Waals surface area contributed by atoms with E-state index < -0.39 is 0 Å². The predicted octanol–water partition coefficient (Wildman–Crippen LogP) is 5.35. The summed E-state index contributed by atoms with van der Waals surface area (Å²) in [6, 6.07) is 18.9. The van der Waals surface area contributed by atoms with Crippen LogP contribution < -0.4 is 4.90 Å². The van der Waals surface area contributed by atoms with Crippen molar-refractivity contribution in [2.24, 2.45) is 0 Å². The van der Waals surface area contributed by atoms with Crippen LogP contribution in [0.3, 0.4) is 0 Å². The fraction of sp³-hybridized carbons (Fsp3) is 0.130. The summed E-state index contributed by atoms with van der Waals surface area (Å²) in [6.45, 7) is 1.37. The molecule has 0 saturated heterocycles. The van der Waals surface area contributed by atoms with Crippen molar-refractivity contribution in [3.05, 3.63) is 90.4 Å². The summed E-state index contributed by atoms with van der Waals surface area (Å²) in [5.41, 5.74) is 2.50. The highest BCUT2D eigenvalue weighted by atomic mass is 32.1. The number of anilines is 1. The summed E-state index contributed by atoms with van der Waals surface area (Å²) in [7, 11) is 0. The molecule has 0 amide bonds. The van der Waals surface area contributed by atoms with Gasteiger partial charge < -0.3 is 14.4 Å². The van der Waals surface area contributed by atoms with Gasteiger partial charge in [0.2, 0.25) is 6.79 Å². The Balaban J connectivity index is 1.57. The molecule has 1 aliphatic heterocycles. The van der Waals surface area contributed by atoms with E-state index in [0.29, 0.717) is 18.7 Å². The number of rotatable bonds is 6. The number of ether oxygens (including phenoxy) is 2. The molecule has 5 nitrogen and oxygen atoms in total. The summed E-state index contributed by atoms with van der Waals surface area (Å²) in [5, 5.41) is 0. The fourth-order valence-electron chi connectivity index (χ4n) is 3.41. The number of fused-ring (bicyclic) bond motifs is 1. The van der Waals surface area contributed by atoms with Crippen LogP contribution in [-0.4, -0.2) is 23.3 Å². The van der Waals surface area contributed by atoms with Gasteiger partial charge in [0, 0.05) is 17.0 Å². The molecular formula is C23H18FN3O2S. The molecule has 0 aliphatic carbocycles. The zero-order valence-corrected chi connectivity index (χ0v) is 16.8. The molecule has 0 saturated carbocycles. The van der Waals surface area contributed by atoms with E-state index in [-0.39, 0.29) is 12.6 Å². The Labute approximate surface area is 177 Å². The van der Waals surface area contributed by atoms with E-state index in [1.54, 1.807) is 24.7 Å². The van der Waals surface area contributed by atoms with E-state index in [0.717, 1.165) is 32.2 Å². The lowest BCUT2D eigenvalue weighted by atomic mass is 10.2. The Bertz CT molecular complexity index is 1210. The second-order valence-electron chi connectivity index (χ2n) is 6.86. The van der Waals surface area contributed by atoms with Gasteiger partial charge in [-0.1, -0.05) is 48.5 Å². The molecule has 0 radical (unpaired) electrons. The van der Waals surface area contributed by atoms with Crippen LogP contribution in [0.1, 0.15) is 5.56 Å². The molecule has 0 N–H and O–H groups in total. The van der Waals surface area contributed by atoms with Crippen molar-refractivity contribution in [1.29, 1.82) is 0 Å². The number of hydrogen-bond acceptors (Lipinski definition) is 6. The van der Waals surface area contributed by atoms with Crippen LogP contribution >= 0.6 is 11.3 Å². The van der Waals surface area contributed by atoms with Gasteiger partial charge in [-0.2, -0.15) is 0 Å². The monoisotopic (exact) mass is 419 g/mol. The van der Waals surface area contributed by atoms with Gasteiger partial charge in [-0.15, -0.1) is 11.3 Å². The van der Waals surface area contributed by atoms with Crippen LogP contribution in [0.15, 0.2) is 79.0 Å². The zero-order valence-electron chi connectivity index (χ0n) is 16.0. The summed E-state index contributed by atoms with van der Waals surface area (Å²) < 4.78 is 26.0. The Morgan fingerprint density at radius 2 is 1.83 bits per heavy atom. The van der Waals surface area contributed by atoms with E-state index in [9.17, 15) is 4.39 Å². The summed E-state index contributed by atoms with van der Waals surface area (Å²) in [6.07, 6.45) is 3.18. The van der Waals surface area contributed by atoms with Gasteiger partial charge >= 0.3 is 0 Å². The van der Waals surface area contributed by atoms with Crippen molar-refractivity contribution in [2.45, 2.75) is 6.54 Å². The summed E-state index contributed by atoms with van der Waals surface area (Å²) >= 11 is 1.49. The van der Waals surface area contributed by atoms with Crippen molar-refractivity contribution in [3.63, 3.8) is 0 Å². The van der Waals surface area contributed by atoms with Gasteiger partial charge in [-0.3, -0.25) is 0 Å².